The van der Waals surface area contributed by atoms with E-state index in [4.69, 9.17) is 9.47 Å². The Hall–Kier alpha value is -2.15. The maximum absolute atomic E-state index is 13.0. The van der Waals surface area contributed by atoms with Crippen LogP contribution in [0.1, 0.15) is 19.3 Å². The van der Waals surface area contributed by atoms with E-state index in [2.05, 4.69) is 0 Å². The van der Waals surface area contributed by atoms with Gasteiger partial charge in [-0.2, -0.15) is 0 Å². The highest BCUT2D eigenvalue weighted by Gasteiger charge is 2.45. The SMILES string of the molecule is O=C([C@H]1CCOC1)N1CCC(Oc2ccc(F)cc2)(C(=O)O)CC1. The number of carboxylic acid groups (broad SMARTS) is 1. The number of amides is 1. The van der Waals surface area contributed by atoms with Crippen molar-refractivity contribution < 1.29 is 28.6 Å². The highest BCUT2D eigenvalue weighted by atomic mass is 19.1. The predicted molar refractivity (Wildman–Crippen MR) is 82.1 cm³/mol. The van der Waals surface area contributed by atoms with Gasteiger partial charge < -0.3 is 19.5 Å². The summed E-state index contributed by atoms with van der Waals surface area (Å²) in [6.07, 6.45) is 1.10. The Kier molecular flexibility index (Phi) is 4.71. The largest absolute Gasteiger partial charge is 0.478 e. The first-order valence-corrected chi connectivity index (χ1v) is 8.05. The first-order chi connectivity index (χ1) is 11.5. The summed E-state index contributed by atoms with van der Waals surface area (Å²) in [5.74, 6) is -1.27. The number of carbonyl (C=O) groups excluding carboxylic acids is 1. The summed E-state index contributed by atoms with van der Waals surface area (Å²) in [6.45, 7) is 1.67. The molecule has 3 rings (SSSR count). The summed E-state index contributed by atoms with van der Waals surface area (Å²) in [6, 6.07) is 5.27. The molecule has 2 aliphatic heterocycles. The average Bonchev–Trinajstić information content (AvgIpc) is 3.11. The van der Waals surface area contributed by atoms with E-state index in [1.807, 2.05) is 0 Å². The number of ether oxygens (including phenoxy) is 2. The van der Waals surface area contributed by atoms with E-state index in [0.717, 1.165) is 0 Å². The maximum atomic E-state index is 13.0. The molecule has 1 atom stereocenters. The number of likely N-dealkylation sites (tertiary alicyclic amines) is 1. The van der Waals surface area contributed by atoms with Gasteiger partial charge in [0.2, 0.25) is 11.5 Å². The van der Waals surface area contributed by atoms with Gasteiger partial charge in [0.25, 0.3) is 0 Å². The summed E-state index contributed by atoms with van der Waals surface area (Å²) in [5.41, 5.74) is -1.39. The second-order valence-corrected chi connectivity index (χ2v) is 6.24. The Morgan fingerprint density at radius 2 is 1.92 bits per heavy atom. The molecule has 0 bridgehead atoms. The first-order valence-electron chi connectivity index (χ1n) is 8.05. The predicted octanol–water partition coefficient (Wildman–Crippen LogP) is 1.69. The zero-order valence-corrected chi connectivity index (χ0v) is 13.2. The molecule has 2 heterocycles. The number of carboxylic acids is 1. The lowest BCUT2D eigenvalue weighted by Gasteiger charge is -2.39. The van der Waals surface area contributed by atoms with Gasteiger partial charge in [-0.25, -0.2) is 9.18 Å². The molecular formula is C17H20FNO5. The lowest BCUT2D eigenvalue weighted by molar-refractivity contribution is -0.162. The van der Waals surface area contributed by atoms with Crippen LogP contribution in [0.2, 0.25) is 0 Å². The molecule has 2 aliphatic rings. The van der Waals surface area contributed by atoms with Crippen LogP contribution in [0.4, 0.5) is 4.39 Å². The zero-order chi connectivity index (χ0) is 17.2. The Morgan fingerprint density at radius 1 is 1.25 bits per heavy atom. The Morgan fingerprint density at radius 3 is 2.46 bits per heavy atom. The second-order valence-electron chi connectivity index (χ2n) is 6.24. The van der Waals surface area contributed by atoms with Gasteiger partial charge in [-0.3, -0.25) is 4.79 Å². The standard InChI is InChI=1S/C17H20FNO5/c18-13-1-3-14(4-2-13)24-17(16(21)22)6-8-19(9-7-17)15(20)12-5-10-23-11-12/h1-4,12H,5-11H2,(H,21,22)/t12-/m0/s1. The summed E-state index contributed by atoms with van der Waals surface area (Å²) >= 11 is 0. The molecule has 0 aliphatic carbocycles. The topological polar surface area (TPSA) is 76.1 Å². The second kappa shape index (κ2) is 6.76. The normalized spacial score (nSPS) is 23.0. The minimum atomic E-state index is -1.39. The van der Waals surface area contributed by atoms with Gasteiger partial charge in [-0.1, -0.05) is 0 Å². The third kappa shape index (κ3) is 3.36. The molecule has 1 aromatic carbocycles. The van der Waals surface area contributed by atoms with Crippen molar-refractivity contribution in [3.8, 4) is 5.75 Å². The van der Waals surface area contributed by atoms with Gasteiger partial charge >= 0.3 is 5.97 Å². The highest BCUT2D eigenvalue weighted by molar-refractivity contribution is 5.81. The molecule has 6 nitrogen and oxygen atoms in total. The van der Waals surface area contributed by atoms with Gasteiger partial charge in [0.05, 0.1) is 12.5 Å². The molecule has 7 heteroatoms. The van der Waals surface area contributed by atoms with E-state index >= 15 is 0 Å². The van der Waals surface area contributed by atoms with E-state index in [1.165, 1.54) is 24.3 Å². The van der Waals surface area contributed by atoms with Crippen LogP contribution in [0, 0.1) is 11.7 Å². The molecule has 2 fully saturated rings. The Bertz CT molecular complexity index is 604. The summed E-state index contributed by atoms with van der Waals surface area (Å²) in [4.78, 5) is 25.8. The van der Waals surface area contributed by atoms with Crippen LogP contribution in [-0.4, -0.2) is 53.8 Å². The number of hydrogen-bond acceptors (Lipinski definition) is 4. The number of carbonyl (C=O) groups is 2. The molecule has 0 saturated carbocycles. The van der Waals surface area contributed by atoms with E-state index in [9.17, 15) is 19.1 Å². The van der Waals surface area contributed by atoms with Gasteiger partial charge in [-0.15, -0.1) is 0 Å². The molecule has 0 radical (unpaired) electrons. The van der Waals surface area contributed by atoms with E-state index in [1.54, 1.807) is 4.90 Å². The molecule has 0 aromatic heterocycles. The number of benzene rings is 1. The van der Waals surface area contributed by atoms with Crippen molar-refractivity contribution in [3.05, 3.63) is 30.1 Å². The van der Waals surface area contributed by atoms with E-state index < -0.39 is 17.4 Å². The molecule has 2 saturated heterocycles. The quantitative estimate of drug-likeness (QED) is 0.905. The lowest BCUT2D eigenvalue weighted by atomic mass is 9.90. The molecule has 0 unspecified atom stereocenters. The maximum Gasteiger partial charge on any atom is 0.348 e. The lowest BCUT2D eigenvalue weighted by Crippen LogP contribution is -2.55. The van der Waals surface area contributed by atoms with Crippen molar-refractivity contribution in [2.45, 2.75) is 24.9 Å². The van der Waals surface area contributed by atoms with Crippen molar-refractivity contribution in [3.63, 3.8) is 0 Å². The van der Waals surface area contributed by atoms with Gasteiger partial charge in [0.15, 0.2) is 0 Å². The summed E-state index contributed by atoms with van der Waals surface area (Å²) in [5, 5.41) is 9.62. The van der Waals surface area contributed by atoms with Crippen LogP contribution in [0.3, 0.4) is 0 Å². The number of aliphatic carboxylic acids is 1. The number of nitrogens with zero attached hydrogens (tertiary/aromatic N) is 1. The minimum Gasteiger partial charge on any atom is -0.478 e. The van der Waals surface area contributed by atoms with Crippen molar-refractivity contribution in [2.75, 3.05) is 26.3 Å². The van der Waals surface area contributed by atoms with Crippen LogP contribution in [-0.2, 0) is 14.3 Å². The van der Waals surface area contributed by atoms with Crippen LogP contribution in [0.5, 0.6) is 5.75 Å². The van der Waals surface area contributed by atoms with Crippen LogP contribution in [0.15, 0.2) is 24.3 Å². The van der Waals surface area contributed by atoms with Crippen LogP contribution in [0.25, 0.3) is 0 Å². The fraction of sp³-hybridized carbons (Fsp3) is 0.529. The Labute approximate surface area is 139 Å². The Balaban J connectivity index is 1.66. The van der Waals surface area contributed by atoms with Gasteiger partial charge in [0, 0.05) is 32.5 Å². The van der Waals surface area contributed by atoms with Crippen molar-refractivity contribution >= 4 is 11.9 Å². The zero-order valence-electron chi connectivity index (χ0n) is 13.2. The molecule has 130 valence electrons. The summed E-state index contributed by atoms with van der Waals surface area (Å²) < 4.78 is 23.9. The molecule has 0 spiro atoms. The summed E-state index contributed by atoms with van der Waals surface area (Å²) in [7, 11) is 0. The van der Waals surface area contributed by atoms with Crippen LogP contribution < -0.4 is 4.74 Å². The van der Waals surface area contributed by atoms with Gasteiger partial charge in [0.1, 0.15) is 11.6 Å². The van der Waals surface area contributed by atoms with Crippen molar-refractivity contribution in [1.29, 1.82) is 0 Å². The molecule has 24 heavy (non-hydrogen) atoms. The molecule has 1 N–H and O–H groups in total. The smallest absolute Gasteiger partial charge is 0.348 e. The molecular weight excluding hydrogens is 317 g/mol. The third-order valence-electron chi connectivity index (χ3n) is 4.68. The first kappa shape index (κ1) is 16.7. The third-order valence-corrected chi connectivity index (χ3v) is 4.68. The molecule has 1 aromatic rings. The number of piperidine rings is 1. The fourth-order valence-corrected chi connectivity index (χ4v) is 3.16. The van der Waals surface area contributed by atoms with E-state index in [-0.39, 0.29) is 24.7 Å². The molecule has 1 amide bonds. The van der Waals surface area contributed by atoms with Crippen molar-refractivity contribution in [2.24, 2.45) is 5.92 Å². The fourth-order valence-electron chi connectivity index (χ4n) is 3.16. The van der Waals surface area contributed by atoms with Crippen LogP contribution >= 0.6 is 0 Å². The van der Waals surface area contributed by atoms with Crippen molar-refractivity contribution in [1.82, 2.24) is 4.90 Å². The van der Waals surface area contributed by atoms with E-state index in [0.29, 0.717) is 38.5 Å². The number of rotatable bonds is 4. The highest BCUT2D eigenvalue weighted by Crippen LogP contribution is 2.30. The van der Waals surface area contributed by atoms with Gasteiger partial charge in [-0.05, 0) is 30.7 Å². The number of halogens is 1. The average molecular weight is 337 g/mol. The monoisotopic (exact) mass is 337 g/mol. The minimum absolute atomic E-state index is 0.0215. The number of hydrogen-bond donors (Lipinski definition) is 1.